The quantitative estimate of drug-likeness (QED) is 0.903. The molecule has 2 aromatic rings. The summed E-state index contributed by atoms with van der Waals surface area (Å²) in [5.74, 6) is 0.267. The van der Waals surface area contributed by atoms with Crippen molar-refractivity contribution in [2.45, 2.75) is 58.6 Å². The van der Waals surface area contributed by atoms with Gasteiger partial charge in [0.15, 0.2) is 5.65 Å². The van der Waals surface area contributed by atoms with Crippen molar-refractivity contribution in [2.24, 2.45) is 5.92 Å². The van der Waals surface area contributed by atoms with E-state index in [2.05, 4.69) is 15.4 Å². The van der Waals surface area contributed by atoms with E-state index < -0.39 is 0 Å². The second kappa shape index (κ2) is 6.89. The number of rotatable bonds is 4. The van der Waals surface area contributed by atoms with Crippen LogP contribution in [0.25, 0.3) is 11.0 Å². The summed E-state index contributed by atoms with van der Waals surface area (Å²) in [6, 6.07) is 2.01. The Bertz CT molecular complexity index is 738. The van der Waals surface area contributed by atoms with Crippen LogP contribution >= 0.6 is 0 Å². The lowest BCUT2D eigenvalue weighted by Gasteiger charge is -2.25. The molecule has 2 unspecified atom stereocenters. The van der Waals surface area contributed by atoms with E-state index in [0.717, 1.165) is 42.4 Å². The van der Waals surface area contributed by atoms with Crippen LogP contribution in [0.3, 0.4) is 0 Å². The van der Waals surface area contributed by atoms with E-state index in [1.807, 2.05) is 31.5 Å². The topological polar surface area (TPSA) is 80.0 Å². The van der Waals surface area contributed by atoms with Crippen LogP contribution < -0.4 is 5.32 Å². The molecule has 1 aliphatic rings. The Morgan fingerprint density at radius 1 is 1.46 bits per heavy atom. The van der Waals surface area contributed by atoms with Crippen molar-refractivity contribution >= 4 is 16.9 Å². The monoisotopic (exact) mass is 330 g/mol. The van der Waals surface area contributed by atoms with Gasteiger partial charge in [0, 0.05) is 18.3 Å². The number of fused-ring (bicyclic) bond motifs is 1. The Morgan fingerprint density at radius 3 is 2.96 bits per heavy atom. The van der Waals surface area contributed by atoms with Crippen molar-refractivity contribution in [2.75, 3.05) is 6.54 Å². The molecule has 24 heavy (non-hydrogen) atoms. The maximum atomic E-state index is 12.7. The number of hydrogen-bond acceptors (Lipinski definition) is 4. The first-order valence-electron chi connectivity index (χ1n) is 8.77. The largest absolute Gasteiger partial charge is 0.393 e. The standard InChI is InChI=1S/C18H26N4O2/c1-11(2)22-17-16(10-20-22)15(7-12(3)21-17)18(24)19-9-13-5-4-6-14(23)8-13/h7,10-11,13-14,23H,4-6,8-9H2,1-3H3,(H,19,24). The minimum Gasteiger partial charge on any atom is -0.393 e. The maximum absolute atomic E-state index is 12.7. The Balaban J connectivity index is 1.79. The van der Waals surface area contributed by atoms with Gasteiger partial charge in [0.05, 0.1) is 23.3 Å². The molecule has 1 aliphatic carbocycles. The summed E-state index contributed by atoms with van der Waals surface area (Å²) in [5.41, 5.74) is 2.19. The van der Waals surface area contributed by atoms with E-state index >= 15 is 0 Å². The number of aliphatic hydroxyl groups is 1. The predicted molar refractivity (Wildman–Crippen MR) is 92.9 cm³/mol. The van der Waals surface area contributed by atoms with Gasteiger partial charge in [-0.2, -0.15) is 5.10 Å². The third kappa shape index (κ3) is 3.43. The first-order valence-corrected chi connectivity index (χ1v) is 8.77. The first kappa shape index (κ1) is 16.9. The summed E-state index contributed by atoms with van der Waals surface area (Å²) in [4.78, 5) is 17.2. The van der Waals surface area contributed by atoms with Crippen LogP contribution in [-0.4, -0.2) is 38.4 Å². The molecule has 0 radical (unpaired) electrons. The van der Waals surface area contributed by atoms with Crippen LogP contribution in [0, 0.1) is 12.8 Å². The van der Waals surface area contributed by atoms with E-state index in [4.69, 9.17) is 0 Å². The van der Waals surface area contributed by atoms with Gasteiger partial charge in [-0.15, -0.1) is 0 Å². The number of amides is 1. The van der Waals surface area contributed by atoms with Gasteiger partial charge in [-0.05, 0) is 52.0 Å². The molecule has 0 saturated heterocycles. The molecule has 2 atom stereocenters. The molecule has 2 aromatic heterocycles. The smallest absolute Gasteiger partial charge is 0.252 e. The van der Waals surface area contributed by atoms with Gasteiger partial charge >= 0.3 is 0 Å². The van der Waals surface area contributed by atoms with Crippen LogP contribution in [0.1, 0.15) is 61.6 Å². The second-order valence-corrected chi connectivity index (χ2v) is 7.13. The lowest BCUT2D eigenvalue weighted by atomic mass is 9.87. The maximum Gasteiger partial charge on any atom is 0.252 e. The van der Waals surface area contributed by atoms with E-state index in [0.29, 0.717) is 18.0 Å². The number of nitrogens with zero attached hydrogens (tertiary/aromatic N) is 3. The Morgan fingerprint density at radius 2 is 2.25 bits per heavy atom. The molecule has 1 fully saturated rings. The number of pyridine rings is 1. The van der Waals surface area contributed by atoms with Crippen molar-refractivity contribution in [3.63, 3.8) is 0 Å². The average molecular weight is 330 g/mol. The molecule has 0 aliphatic heterocycles. The zero-order valence-electron chi connectivity index (χ0n) is 14.6. The minimum atomic E-state index is -0.222. The second-order valence-electron chi connectivity index (χ2n) is 7.13. The molecular weight excluding hydrogens is 304 g/mol. The van der Waals surface area contributed by atoms with Crippen molar-refractivity contribution in [1.29, 1.82) is 0 Å². The molecule has 6 heteroatoms. The molecule has 130 valence electrons. The van der Waals surface area contributed by atoms with Crippen molar-refractivity contribution in [1.82, 2.24) is 20.1 Å². The fourth-order valence-electron chi connectivity index (χ4n) is 3.49. The van der Waals surface area contributed by atoms with Crippen molar-refractivity contribution < 1.29 is 9.90 Å². The van der Waals surface area contributed by atoms with E-state index in [1.165, 1.54) is 0 Å². The summed E-state index contributed by atoms with van der Waals surface area (Å²) in [6.07, 6.45) is 5.25. The summed E-state index contributed by atoms with van der Waals surface area (Å²) < 4.78 is 1.84. The highest BCUT2D eigenvalue weighted by Crippen LogP contribution is 2.24. The SMILES string of the molecule is Cc1cc(C(=O)NCC2CCCC(O)C2)c2cnn(C(C)C)c2n1. The van der Waals surface area contributed by atoms with Crippen LogP contribution in [-0.2, 0) is 0 Å². The molecule has 1 saturated carbocycles. The predicted octanol–water partition coefficient (Wildman–Crippen LogP) is 2.60. The van der Waals surface area contributed by atoms with E-state index in [9.17, 15) is 9.90 Å². The van der Waals surface area contributed by atoms with Gasteiger partial charge < -0.3 is 10.4 Å². The highest BCUT2D eigenvalue weighted by molar-refractivity contribution is 6.05. The molecule has 6 nitrogen and oxygen atoms in total. The van der Waals surface area contributed by atoms with Crippen molar-refractivity contribution in [3.05, 3.63) is 23.5 Å². The first-order chi connectivity index (χ1) is 11.5. The lowest BCUT2D eigenvalue weighted by Crippen LogP contribution is -2.33. The third-order valence-corrected chi connectivity index (χ3v) is 4.73. The van der Waals surface area contributed by atoms with E-state index in [1.54, 1.807) is 6.20 Å². The zero-order chi connectivity index (χ0) is 17.3. The molecule has 0 bridgehead atoms. The summed E-state index contributed by atoms with van der Waals surface area (Å²) >= 11 is 0. The molecule has 2 heterocycles. The van der Waals surface area contributed by atoms with Gasteiger partial charge in [0.25, 0.3) is 5.91 Å². The van der Waals surface area contributed by atoms with Gasteiger partial charge in [0.1, 0.15) is 0 Å². The summed E-state index contributed by atoms with van der Waals surface area (Å²) in [5, 5.41) is 18.0. The van der Waals surface area contributed by atoms with Crippen LogP contribution in [0.5, 0.6) is 0 Å². The Hall–Kier alpha value is -1.95. The highest BCUT2D eigenvalue weighted by Gasteiger charge is 2.22. The fourth-order valence-corrected chi connectivity index (χ4v) is 3.49. The molecule has 1 amide bonds. The number of carbonyl (C=O) groups is 1. The fraction of sp³-hybridized carbons (Fsp3) is 0.611. The normalized spacial score (nSPS) is 21.4. The Kier molecular flexibility index (Phi) is 4.85. The number of nitrogens with one attached hydrogen (secondary N) is 1. The minimum absolute atomic E-state index is 0.0890. The van der Waals surface area contributed by atoms with Crippen LogP contribution in [0.4, 0.5) is 0 Å². The van der Waals surface area contributed by atoms with Gasteiger partial charge in [-0.25, -0.2) is 9.67 Å². The third-order valence-electron chi connectivity index (χ3n) is 4.73. The number of carbonyl (C=O) groups excluding carboxylic acids is 1. The summed E-state index contributed by atoms with van der Waals surface area (Å²) in [7, 11) is 0. The average Bonchev–Trinajstić information content (AvgIpc) is 2.95. The van der Waals surface area contributed by atoms with Gasteiger partial charge in [0.2, 0.25) is 0 Å². The number of hydrogen-bond donors (Lipinski definition) is 2. The number of aryl methyl sites for hydroxylation is 1. The number of aliphatic hydroxyl groups excluding tert-OH is 1. The van der Waals surface area contributed by atoms with Gasteiger partial charge in [-0.1, -0.05) is 6.42 Å². The van der Waals surface area contributed by atoms with Gasteiger partial charge in [-0.3, -0.25) is 4.79 Å². The molecule has 2 N–H and O–H groups in total. The lowest BCUT2D eigenvalue weighted by molar-refractivity contribution is 0.0875. The highest BCUT2D eigenvalue weighted by atomic mass is 16.3. The molecular formula is C18H26N4O2. The molecule has 0 spiro atoms. The van der Waals surface area contributed by atoms with Crippen molar-refractivity contribution in [3.8, 4) is 0 Å². The summed E-state index contributed by atoms with van der Waals surface area (Å²) in [6.45, 7) is 6.59. The number of aromatic nitrogens is 3. The van der Waals surface area contributed by atoms with E-state index in [-0.39, 0.29) is 18.1 Å². The van der Waals surface area contributed by atoms with Crippen LogP contribution in [0.15, 0.2) is 12.3 Å². The zero-order valence-corrected chi connectivity index (χ0v) is 14.6. The molecule has 3 rings (SSSR count). The van der Waals surface area contributed by atoms with Crippen LogP contribution in [0.2, 0.25) is 0 Å². The molecule has 0 aromatic carbocycles. The Labute approximate surface area is 142 Å².